The summed E-state index contributed by atoms with van der Waals surface area (Å²) in [5, 5.41) is -1.41. The molecule has 0 saturated heterocycles. The monoisotopic (exact) mass is 776 g/mol. The minimum Gasteiger partial charge on any atom is -0.310 e. The third-order valence-electron chi connectivity index (χ3n) is 11.6. The van der Waals surface area contributed by atoms with Crippen LogP contribution in [-0.4, -0.2) is 7.28 Å². The van der Waals surface area contributed by atoms with Crippen LogP contribution in [0.2, 0.25) is 0 Å². The molecule has 0 unspecified atom stereocenters. The molecule has 0 aromatic heterocycles. The van der Waals surface area contributed by atoms with Crippen LogP contribution in [0.15, 0.2) is 140 Å². The summed E-state index contributed by atoms with van der Waals surface area (Å²) >= 11 is 0. The standard InChI is InChI=1S/C50H42BF5N2/c1-30-14-13-19-34(26-30)57(32-15-9-7-10-16-32)36-20-23-40-38(28-36)39-29-37(21-24-41(39)49(40,3)4)58(33-17-11-8-12-18-33)35-22-25-42(31(2)27-35)51-50(5,6)43-44(52)46(54)48(56)47(55)45(43)53/h7-29,51H,1-6H3. The Balaban J connectivity index is 1.21. The Kier molecular flexibility index (Phi) is 9.79. The number of aryl methyl sites for hydroxylation is 2. The van der Waals surface area contributed by atoms with Gasteiger partial charge in [-0.2, -0.15) is 0 Å². The van der Waals surface area contributed by atoms with Crippen molar-refractivity contribution < 1.29 is 22.0 Å². The normalized spacial score (nSPS) is 12.9. The molecule has 1 aliphatic rings. The minimum atomic E-state index is -2.16. The molecule has 0 radical (unpaired) electrons. The predicted octanol–water partition coefficient (Wildman–Crippen LogP) is 13.2. The van der Waals surface area contributed by atoms with Gasteiger partial charge in [0.15, 0.2) is 30.5 Å². The smallest absolute Gasteiger partial charge is 0.200 e. The highest BCUT2D eigenvalue weighted by atomic mass is 19.2. The Morgan fingerprint density at radius 3 is 1.38 bits per heavy atom. The Morgan fingerprint density at radius 2 is 0.897 bits per heavy atom. The summed E-state index contributed by atoms with van der Waals surface area (Å²) in [6, 6.07) is 48.0. The molecule has 0 heterocycles. The summed E-state index contributed by atoms with van der Waals surface area (Å²) < 4.78 is 72.4. The molecule has 8 heteroatoms. The van der Waals surface area contributed by atoms with Gasteiger partial charge in [-0.25, -0.2) is 22.0 Å². The molecule has 0 saturated carbocycles. The molecular formula is C50H42BF5N2. The number of halogens is 5. The summed E-state index contributed by atoms with van der Waals surface area (Å²) in [7, 11) is 0.0401. The van der Waals surface area contributed by atoms with Crippen molar-refractivity contribution in [1.29, 1.82) is 0 Å². The average Bonchev–Trinajstić information content (AvgIpc) is 3.43. The maximum atomic E-state index is 15.0. The number of anilines is 6. The van der Waals surface area contributed by atoms with Gasteiger partial charge in [-0.05, 0) is 120 Å². The van der Waals surface area contributed by atoms with Crippen molar-refractivity contribution in [1.82, 2.24) is 0 Å². The topological polar surface area (TPSA) is 6.48 Å². The zero-order chi connectivity index (χ0) is 41.1. The molecule has 0 amide bonds. The molecule has 1 aliphatic carbocycles. The van der Waals surface area contributed by atoms with E-state index in [1.54, 1.807) is 0 Å². The quantitative estimate of drug-likeness (QED) is 0.0624. The molecule has 0 atom stereocenters. The Bertz CT molecular complexity index is 2670. The first-order valence-electron chi connectivity index (χ1n) is 19.4. The molecule has 290 valence electrons. The van der Waals surface area contributed by atoms with Crippen molar-refractivity contribution in [3.8, 4) is 11.1 Å². The highest BCUT2D eigenvalue weighted by Crippen LogP contribution is 2.52. The van der Waals surface area contributed by atoms with Crippen molar-refractivity contribution in [2.75, 3.05) is 9.80 Å². The first-order valence-corrected chi connectivity index (χ1v) is 19.4. The van der Waals surface area contributed by atoms with Crippen molar-refractivity contribution >= 4 is 46.9 Å². The first-order chi connectivity index (χ1) is 27.7. The van der Waals surface area contributed by atoms with Crippen LogP contribution in [0.4, 0.5) is 56.1 Å². The van der Waals surface area contributed by atoms with Gasteiger partial charge in [0.25, 0.3) is 0 Å². The molecule has 0 N–H and O–H groups in total. The van der Waals surface area contributed by atoms with Crippen molar-refractivity contribution in [2.24, 2.45) is 0 Å². The van der Waals surface area contributed by atoms with Gasteiger partial charge < -0.3 is 9.80 Å². The highest BCUT2D eigenvalue weighted by Gasteiger charge is 2.38. The maximum Gasteiger partial charge on any atom is 0.200 e. The van der Waals surface area contributed by atoms with Crippen LogP contribution in [0.5, 0.6) is 0 Å². The Morgan fingerprint density at radius 1 is 0.466 bits per heavy atom. The summed E-state index contributed by atoms with van der Waals surface area (Å²) in [5.41, 5.74) is 12.3. The van der Waals surface area contributed by atoms with Crippen LogP contribution in [0.3, 0.4) is 0 Å². The third-order valence-corrected chi connectivity index (χ3v) is 11.6. The van der Waals surface area contributed by atoms with Crippen LogP contribution in [0.25, 0.3) is 11.1 Å². The fraction of sp³-hybridized carbons (Fsp3) is 0.160. The van der Waals surface area contributed by atoms with Crippen molar-refractivity contribution in [3.05, 3.63) is 196 Å². The summed E-state index contributed by atoms with van der Waals surface area (Å²) in [5.74, 6) is -9.65. The zero-order valence-electron chi connectivity index (χ0n) is 33.3. The van der Waals surface area contributed by atoms with Crippen LogP contribution >= 0.6 is 0 Å². The van der Waals surface area contributed by atoms with Gasteiger partial charge in [0.2, 0.25) is 5.82 Å². The fourth-order valence-electron chi connectivity index (χ4n) is 8.62. The van der Waals surface area contributed by atoms with E-state index < -0.39 is 40.0 Å². The zero-order valence-corrected chi connectivity index (χ0v) is 33.3. The second-order valence-corrected chi connectivity index (χ2v) is 16.4. The van der Waals surface area contributed by atoms with E-state index in [4.69, 9.17) is 0 Å². The number of benzene rings is 7. The van der Waals surface area contributed by atoms with E-state index in [2.05, 4.69) is 116 Å². The summed E-state index contributed by atoms with van der Waals surface area (Å²) in [6.45, 7) is 11.5. The van der Waals surface area contributed by atoms with E-state index in [0.717, 1.165) is 56.3 Å². The number of hydrogen-bond donors (Lipinski definition) is 0. The molecule has 0 bridgehead atoms. The SMILES string of the molecule is Cc1cccc(N(c2ccccc2)c2ccc3c(c2)-c2cc(N(c4ccccc4)c4ccc(BC(C)(C)c5c(F)c(F)c(F)c(F)c5F)c(C)c4)ccc2C3(C)C)c1. The van der Waals surface area contributed by atoms with Gasteiger partial charge in [-0.15, -0.1) is 0 Å². The second-order valence-electron chi connectivity index (χ2n) is 16.4. The van der Waals surface area contributed by atoms with Crippen LogP contribution in [-0.2, 0) is 10.7 Å². The average molecular weight is 777 g/mol. The molecule has 7 aromatic carbocycles. The number of fused-ring (bicyclic) bond motifs is 3. The van der Waals surface area contributed by atoms with Crippen LogP contribution in [0, 0.1) is 42.9 Å². The van der Waals surface area contributed by atoms with Crippen molar-refractivity contribution in [2.45, 2.75) is 52.3 Å². The van der Waals surface area contributed by atoms with Gasteiger partial charge in [0.1, 0.15) is 0 Å². The molecule has 0 aliphatic heterocycles. The van der Waals surface area contributed by atoms with Gasteiger partial charge >= 0.3 is 0 Å². The molecule has 0 spiro atoms. The van der Waals surface area contributed by atoms with Crippen LogP contribution < -0.4 is 15.3 Å². The van der Waals surface area contributed by atoms with E-state index in [1.807, 2.05) is 61.5 Å². The summed E-state index contributed by atoms with van der Waals surface area (Å²) in [4.78, 5) is 4.46. The molecule has 0 fully saturated rings. The number of hydrogen-bond acceptors (Lipinski definition) is 2. The van der Waals surface area contributed by atoms with E-state index in [9.17, 15) is 22.0 Å². The molecule has 7 aromatic rings. The maximum absolute atomic E-state index is 15.0. The van der Waals surface area contributed by atoms with Crippen molar-refractivity contribution in [3.63, 3.8) is 0 Å². The van der Waals surface area contributed by atoms with Gasteiger partial charge in [-0.1, -0.05) is 105 Å². The second kappa shape index (κ2) is 14.7. The fourth-order valence-corrected chi connectivity index (χ4v) is 8.62. The van der Waals surface area contributed by atoms with E-state index in [0.29, 0.717) is 0 Å². The molecular weight excluding hydrogens is 734 g/mol. The van der Waals surface area contributed by atoms with Gasteiger partial charge in [-0.3, -0.25) is 0 Å². The lowest BCUT2D eigenvalue weighted by Crippen LogP contribution is -2.38. The Hall–Kier alpha value is -6.15. The number of para-hydroxylation sites is 2. The van der Waals surface area contributed by atoms with Crippen LogP contribution in [0.1, 0.15) is 55.5 Å². The van der Waals surface area contributed by atoms with Gasteiger partial charge in [0, 0.05) is 45.1 Å². The van der Waals surface area contributed by atoms with E-state index in [-0.39, 0.29) is 12.7 Å². The molecule has 58 heavy (non-hydrogen) atoms. The Labute approximate surface area is 337 Å². The predicted molar refractivity (Wildman–Crippen MR) is 229 cm³/mol. The minimum absolute atomic E-state index is 0.0401. The molecule has 8 rings (SSSR count). The largest absolute Gasteiger partial charge is 0.310 e. The first kappa shape index (κ1) is 38.7. The number of rotatable bonds is 9. The summed E-state index contributed by atoms with van der Waals surface area (Å²) in [6.07, 6.45) is 0. The lowest BCUT2D eigenvalue weighted by molar-refractivity contribution is 0.363. The number of nitrogens with zero attached hydrogens (tertiary/aromatic N) is 2. The van der Waals surface area contributed by atoms with E-state index in [1.165, 1.54) is 30.5 Å². The lowest BCUT2D eigenvalue weighted by atomic mass is 9.47. The highest BCUT2D eigenvalue weighted by molar-refractivity contribution is 6.57. The lowest BCUT2D eigenvalue weighted by Gasteiger charge is -2.29. The van der Waals surface area contributed by atoms with E-state index >= 15 is 0 Å². The van der Waals surface area contributed by atoms with Gasteiger partial charge in [0.05, 0.1) is 0 Å². The third kappa shape index (κ3) is 6.64. The molecule has 2 nitrogen and oxygen atoms in total.